The second-order valence-electron chi connectivity index (χ2n) is 6.32. The van der Waals surface area contributed by atoms with Crippen LogP contribution in [0.4, 0.5) is 5.69 Å². The van der Waals surface area contributed by atoms with E-state index >= 15 is 0 Å². The van der Waals surface area contributed by atoms with Crippen molar-refractivity contribution in [2.75, 3.05) is 5.32 Å². The molecule has 2 aromatic carbocycles. The minimum Gasteiger partial charge on any atom is -0.339 e. The minimum atomic E-state index is -0.0781. The van der Waals surface area contributed by atoms with Gasteiger partial charge in [0.15, 0.2) is 11.0 Å². The first kappa shape index (κ1) is 18.2. The maximum absolute atomic E-state index is 12.1. The van der Waals surface area contributed by atoms with Gasteiger partial charge in [0.2, 0.25) is 11.8 Å². The summed E-state index contributed by atoms with van der Waals surface area (Å²) in [4.78, 5) is 24.2. The van der Waals surface area contributed by atoms with E-state index < -0.39 is 0 Å². The summed E-state index contributed by atoms with van der Waals surface area (Å²) in [5.41, 5.74) is 3.77. The number of aryl methyl sites for hydroxylation is 2. The van der Waals surface area contributed by atoms with E-state index in [-0.39, 0.29) is 12.3 Å². The number of nitrogens with zero attached hydrogens (tertiary/aromatic N) is 3. The summed E-state index contributed by atoms with van der Waals surface area (Å²) < 4.78 is 5.25. The van der Waals surface area contributed by atoms with E-state index in [4.69, 9.17) is 4.52 Å². The summed E-state index contributed by atoms with van der Waals surface area (Å²) in [5.74, 6) is 1.50. The molecule has 0 bridgehead atoms. The lowest BCUT2D eigenvalue weighted by Gasteiger charge is -2.06. The average molecular weight is 393 g/mol. The number of hydrogen-bond donors (Lipinski definition) is 2. The zero-order chi connectivity index (χ0) is 19.3. The number of rotatable bonds is 7. The summed E-state index contributed by atoms with van der Waals surface area (Å²) >= 11 is 1.51. The zero-order valence-electron chi connectivity index (χ0n) is 15.3. The summed E-state index contributed by atoms with van der Waals surface area (Å²) in [6.07, 6.45) is 0.687. The lowest BCUT2D eigenvalue weighted by atomic mass is 10.2. The number of thioether (sulfide) groups is 1. The highest BCUT2D eigenvalue weighted by Gasteiger charge is 2.11. The quantitative estimate of drug-likeness (QED) is 0.459. The van der Waals surface area contributed by atoms with Crippen molar-refractivity contribution >= 4 is 34.4 Å². The number of para-hydroxylation sites is 3. The molecule has 0 atom stereocenters. The molecule has 2 aromatic heterocycles. The maximum atomic E-state index is 12.1. The Labute approximate surface area is 166 Å². The molecule has 0 fully saturated rings. The number of H-pyrrole nitrogens is 1. The normalized spacial score (nSPS) is 11.0. The standard InChI is InChI=1S/C20H19N5O2S/c1-13-6-2-3-7-14(13)21-18(26)10-11-19-24-17(25-27-19)12-28-20-22-15-8-4-5-9-16(15)23-20/h2-9H,10-12H2,1H3,(H,21,26)(H,22,23). The van der Waals surface area contributed by atoms with E-state index in [1.165, 1.54) is 11.8 Å². The number of nitrogens with one attached hydrogen (secondary N) is 2. The molecule has 2 heterocycles. The average Bonchev–Trinajstić information content (AvgIpc) is 3.33. The van der Waals surface area contributed by atoms with Crippen LogP contribution in [0.1, 0.15) is 23.7 Å². The van der Waals surface area contributed by atoms with E-state index in [9.17, 15) is 4.79 Å². The van der Waals surface area contributed by atoms with Gasteiger partial charge in [0.25, 0.3) is 0 Å². The van der Waals surface area contributed by atoms with Crippen LogP contribution < -0.4 is 5.32 Å². The maximum Gasteiger partial charge on any atom is 0.227 e. The van der Waals surface area contributed by atoms with Crippen molar-refractivity contribution in [2.45, 2.75) is 30.7 Å². The van der Waals surface area contributed by atoms with Gasteiger partial charge in [-0.15, -0.1) is 0 Å². The summed E-state index contributed by atoms with van der Waals surface area (Å²) in [7, 11) is 0. The number of benzene rings is 2. The molecule has 0 aliphatic heterocycles. The van der Waals surface area contributed by atoms with Gasteiger partial charge in [-0.3, -0.25) is 4.79 Å². The number of hydrogen-bond acceptors (Lipinski definition) is 6. The van der Waals surface area contributed by atoms with Crippen molar-refractivity contribution in [2.24, 2.45) is 0 Å². The Morgan fingerprint density at radius 1 is 1.14 bits per heavy atom. The van der Waals surface area contributed by atoms with Gasteiger partial charge in [-0.2, -0.15) is 4.98 Å². The Balaban J connectivity index is 1.28. The number of fused-ring (bicyclic) bond motifs is 1. The molecule has 8 heteroatoms. The number of aromatic nitrogens is 4. The molecule has 0 radical (unpaired) electrons. The number of imidazole rings is 1. The first-order valence-electron chi connectivity index (χ1n) is 8.92. The lowest BCUT2D eigenvalue weighted by molar-refractivity contribution is -0.116. The summed E-state index contributed by atoms with van der Waals surface area (Å²) in [6, 6.07) is 15.5. The van der Waals surface area contributed by atoms with Gasteiger partial charge < -0.3 is 14.8 Å². The molecule has 0 spiro atoms. The fraction of sp³-hybridized carbons (Fsp3) is 0.200. The van der Waals surface area contributed by atoms with Crippen LogP contribution >= 0.6 is 11.8 Å². The Kier molecular flexibility index (Phi) is 5.38. The third kappa shape index (κ3) is 4.40. The van der Waals surface area contributed by atoms with Crippen LogP contribution in [-0.4, -0.2) is 26.0 Å². The van der Waals surface area contributed by atoms with Crippen LogP contribution in [0.2, 0.25) is 0 Å². The highest BCUT2D eigenvalue weighted by molar-refractivity contribution is 7.98. The minimum absolute atomic E-state index is 0.0781. The fourth-order valence-corrected chi connectivity index (χ4v) is 3.46. The van der Waals surface area contributed by atoms with Gasteiger partial charge in [-0.05, 0) is 30.7 Å². The van der Waals surface area contributed by atoms with Crippen molar-refractivity contribution < 1.29 is 9.32 Å². The molecule has 0 unspecified atom stereocenters. The van der Waals surface area contributed by atoms with E-state index in [2.05, 4.69) is 25.4 Å². The Hall–Kier alpha value is -3.13. The van der Waals surface area contributed by atoms with Crippen molar-refractivity contribution in [1.29, 1.82) is 0 Å². The second kappa shape index (κ2) is 8.26. The molecular weight excluding hydrogens is 374 g/mol. The molecular formula is C20H19N5O2S. The molecule has 0 saturated carbocycles. The Morgan fingerprint density at radius 3 is 2.82 bits per heavy atom. The molecule has 4 rings (SSSR count). The number of amides is 1. The molecule has 0 aliphatic rings. The smallest absolute Gasteiger partial charge is 0.227 e. The van der Waals surface area contributed by atoms with Crippen LogP contribution in [0, 0.1) is 6.92 Å². The van der Waals surface area contributed by atoms with Gasteiger partial charge in [0.05, 0.1) is 16.8 Å². The number of aromatic amines is 1. The van der Waals surface area contributed by atoms with Gasteiger partial charge in [-0.1, -0.05) is 47.3 Å². The van der Waals surface area contributed by atoms with Gasteiger partial charge in [0, 0.05) is 18.5 Å². The van der Waals surface area contributed by atoms with E-state index in [1.807, 2.05) is 55.5 Å². The SMILES string of the molecule is Cc1ccccc1NC(=O)CCc1nc(CSc2nc3ccccc3[nH]2)no1. The molecule has 0 saturated heterocycles. The van der Waals surface area contributed by atoms with Crippen LogP contribution in [-0.2, 0) is 17.0 Å². The first-order chi connectivity index (χ1) is 13.7. The zero-order valence-corrected chi connectivity index (χ0v) is 16.1. The largest absolute Gasteiger partial charge is 0.339 e. The van der Waals surface area contributed by atoms with Crippen molar-refractivity contribution in [1.82, 2.24) is 20.1 Å². The molecule has 0 aliphatic carbocycles. The molecule has 7 nitrogen and oxygen atoms in total. The van der Waals surface area contributed by atoms with Crippen molar-refractivity contribution in [3.63, 3.8) is 0 Å². The highest BCUT2D eigenvalue weighted by Crippen LogP contribution is 2.22. The molecule has 4 aromatic rings. The van der Waals surface area contributed by atoms with Crippen LogP contribution in [0.5, 0.6) is 0 Å². The van der Waals surface area contributed by atoms with Crippen molar-refractivity contribution in [3.05, 3.63) is 65.8 Å². The summed E-state index contributed by atoms with van der Waals surface area (Å²) in [5, 5.41) is 7.69. The van der Waals surface area contributed by atoms with E-state index in [0.29, 0.717) is 23.9 Å². The second-order valence-corrected chi connectivity index (χ2v) is 7.28. The van der Waals surface area contributed by atoms with Gasteiger partial charge >= 0.3 is 0 Å². The topological polar surface area (TPSA) is 96.7 Å². The highest BCUT2D eigenvalue weighted by atomic mass is 32.2. The molecule has 28 heavy (non-hydrogen) atoms. The van der Waals surface area contributed by atoms with Crippen LogP contribution in [0.15, 0.2) is 58.2 Å². The predicted octanol–water partition coefficient (Wildman–Crippen LogP) is 4.12. The van der Waals surface area contributed by atoms with Crippen LogP contribution in [0.3, 0.4) is 0 Å². The third-order valence-corrected chi connectivity index (χ3v) is 5.07. The third-order valence-electron chi connectivity index (χ3n) is 4.20. The Bertz CT molecular complexity index is 1070. The molecule has 1 amide bonds. The van der Waals surface area contributed by atoms with E-state index in [1.54, 1.807) is 0 Å². The first-order valence-corrected chi connectivity index (χ1v) is 9.90. The molecule has 142 valence electrons. The van der Waals surface area contributed by atoms with Crippen LogP contribution in [0.25, 0.3) is 11.0 Å². The van der Waals surface area contributed by atoms with Gasteiger partial charge in [0.1, 0.15) is 0 Å². The van der Waals surface area contributed by atoms with Gasteiger partial charge in [-0.25, -0.2) is 4.98 Å². The number of carbonyl (C=O) groups is 1. The summed E-state index contributed by atoms with van der Waals surface area (Å²) in [6.45, 7) is 1.96. The predicted molar refractivity (Wildman–Crippen MR) is 108 cm³/mol. The lowest BCUT2D eigenvalue weighted by Crippen LogP contribution is -2.13. The Morgan fingerprint density at radius 2 is 1.96 bits per heavy atom. The monoisotopic (exact) mass is 393 g/mol. The fourth-order valence-electron chi connectivity index (χ4n) is 2.73. The van der Waals surface area contributed by atoms with Crippen molar-refractivity contribution in [3.8, 4) is 0 Å². The number of anilines is 1. The number of carbonyl (C=O) groups excluding carboxylic acids is 1. The van der Waals surface area contributed by atoms with E-state index in [0.717, 1.165) is 27.4 Å². The molecule has 2 N–H and O–H groups in total.